The van der Waals surface area contributed by atoms with Crippen molar-refractivity contribution in [3.05, 3.63) is 0 Å². The third-order valence-electron chi connectivity index (χ3n) is 4.11. The van der Waals surface area contributed by atoms with Gasteiger partial charge in [-0.1, -0.05) is 65.2 Å². The molecule has 3 atom stereocenters. The molecule has 3 unspecified atom stereocenters. The van der Waals surface area contributed by atoms with Crippen molar-refractivity contribution in [1.82, 2.24) is 0 Å². The van der Waals surface area contributed by atoms with E-state index in [0.717, 1.165) is 11.8 Å². The standard InChI is InChI=1S/C15H31N/c1-3-4-5-6-7-8-9-10-11-15(16)14-12-13(14)2/h13-15H,3-12,16H2,1-2H3. The lowest BCUT2D eigenvalue weighted by atomic mass is 10.0. The highest BCUT2D eigenvalue weighted by Gasteiger charge is 2.36. The molecular formula is C15H31N. The fourth-order valence-electron chi connectivity index (χ4n) is 2.68. The Balaban J connectivity index is 1.77. The summed E-state index contributed by atoms with van der Waals surface area (Å²) in [4.78, 5) is 0. The van der Waals surface area contributed by atoms with E-state index < -0.39 is 0 Å². The zero-order valence-corrected chi connectivity index (χ0v) is 11.4. The Morgan fingerprint density at radius 3 is 2.00 bits per heavy atom. The van der Waals surface area contributed by atoms with Crippen LogP contribution in [0.1, 0.15) is 78.1 Å². The van der Waals surface area contributed by atoms with Gasteiger partial charge in [0.15, 0.2) is 0 Å². The van der Waals surface area contributed by atoms with E-state index in [1.165, 1.54) is 64.2 Å². The Morgan fingerprint density at radius 1 is 1.00 bits per heavy atom. The van der Waals surface area contributed by atoms with Gasteiger partial charge in [0, 0.05) is 6.04 Å². The lowest BCUT2D eigenvalue weighted by molar-refractivity contribution is 0.482. The number of hydrogen-bond acceptors (Lipinski definition) is 1. The van der Waals surface area contributed by atoms with Crippen LogP contribution in [0.2, 0.25) is 0 Å². The van der Waals surface area contributed by atoms with E-state index in [0.29, 0.717) is 6.04 Å². The third-order valence-corrected chi connectivity index (χ3v) is 4.11. The molecule has 16 heavy (non-hydrogen) atoms. The first kappa shape index (κ1) is 14.0. The predicted molar refractivity (Wildman–Crippen MR) is 72.5 cm³/mol. The van der Waals surface area contributed by atoms with Gasteiger partial charge in [-0.3, -0.25) is 0 Å². The summed E-state index contributed by atoms with van der Waals surface area (Å²) in [7, 11) is 0. The molecule has 2 N–H and O–H groups in total. The van der Waals surface area contributed by atoms with E-state index in [-0.39, 0.29) is 0 Å². The van der Waals surface area contributed by atoms with Crippen molar-refractivity contribution in [2.24, 2.45) is 17.6 Å². The van der Waals surface area contributed by atoms with Gasteiger partial charge < -0.3 is 5.73 Å². The van der Waals surface area contributed by atoms with Gasteiger partial charge in [-0.25, -0.2) is 0 Å². The van der Waals surface area contributed by atoms with Gasteiger partial charge in [-0.15, -0.1) is 0 Å². The zero-order valence-electron chi connectivity index (χ0n) is 11.4. The van der Waals surface area contributed by atoms with Crippen molar-refractivity contribution in [2.75, 3.05) is 0 Å². The minimum absolute atomic E-state index is 0.509. The van der Waals surface area contributed by atoms with Crippen molar-refractivity contribution in [2.45, 2.75) is 84.1 Å². The Labute approximate surface area is 102 Å². The number of hydrogen-bond donors (Lipinski definition) is 1. The Hall–Kier alpha value is -0.0400. The van der Waals surface area contributed by atoms with Gasteiger partial charge in [0.05, 0.1) is 0 Å². The molecule has 0 amide bonds. The van der Waals surface area contributed by atoms with E-state index in [1.54, 1.807) is 0 Å². The highest BCUT2D eigenvalue weighted by molar-refractivity contribution is 4.90. The monoisotopic (exact) mass is 225 g/mol. The highest BCUT2D eigenvalue weighted by Crippen LogP contribution is 2.41. The minimum atomic E-state index is 0.509. The lowest BCUT2D eigenvalue weighted by Gasteiger charge is -2.10. The molecule has 0 spiro atoms. The number of unbranched alkanes of at least 4 members (excludes halogenated alkanes) is 7. The molecule has 0 saturated heterocycles. The van der Waals surface area contributed by atoms with Gasteiger partial charge in [0.25, 0.3) is 0 Å². The minimum Gasteiger partial charge on any atom is -0.327 e. The molecule has 0 radical (unpaired) electrons. The summed E-state index contributed by atoms with van der Waals surface area (Å²) in [5.74, 6) is 1.79. The summed E-state index contributed by atoms with van der Waals surface area (Å²) in [6.07, 6.45) is 13.9. The molecule has 0 aromatic heterocycles. The first-order valence-electron chi connectivity index (χ1n) is 7.51. The second kappa shape index (κ2) is 8.11. The first-order chi connectivity index (χ1) is 7.75. The first-order valence-corrected chi connectivity index (χ1v) is 7.51. The molecule has 1 fully saturated rings. The summed E-state index contributed by atoms with van der Waals surface area (Å²) in [6.45, 7) is 4.61. The molecule has 0 bridgehead atoms. The van der Waals surface area contributed by atoms with Crippen LogP contribution in [0.5, 0.6) is 0 Å². The number of rotatable bonds is 10. The number of nitrogens with two attached hydrogens (primary N) is 1. The van der Waals surface area contributed by atoms with Gasteiger partial charge >= 0.3 is 0 Å². The summed E-state index contributed by atoms with van der Waals surface area (Å²) in [5.41, 5.74) is 6.15. The van der Waals surface area contributed by atoms with Crippen LogP contribution in [0, 0.1) is 11.8 Å². The summed E-state index contributed by atoms with van der Waals surface area (Å²) in [6, 6.07) is 0.509. The largest absolute Gasteiger partial charge is 0.327 e. The van der Waals surface area contributed by atoms with Gasteiger partial charge in [-0.05, 0) is 24.7 Å². The summed E-state index contributed by atoms with van der Waals surface area (Å²) >= 11 is 0. The quantitative estimate of drug-likeness (QED) is 0.544. The van der Waals surface area contributed by atoms with Crippen LogP contribution in [-0.4, -0.2) is 6.04 Å². The van der Waals surface area contributed by atoms with Crippen molar-refractivity contribution >= 4 is 0 Å². The SMILES string of the molecule is CCCCCCCCCCC(N)C1CC1C. The van der Waals surface area contributed by atoms with Crippen molar-refractivity contribution in [3.63, 3.8) is 0 Å². The van der Waals surface area contributed by atoms with Crippen LogP contribution in [0.3, 0.4) is 0 Å². The zero-order chi connectivity index (χ0) is 11.8. The summed E-state index contributed by atoms with van der Waals surface area (Å²) in [5, 5.41) is 0. The van der Waals surface area contributed by atoms with E-state index in [9.17, 15) is 0 Å². The van der Waals surface area contributed by atoms with Gasteiger partial charge in [0.1, 0.15) is 0 Å². The van der Waals surface area contributed by atoms with Crippen LogP contribution >= 0.6 is 0 Å². The molecular weight excluding hydrogens is 194 g/mol. The maximum absolute atomic E-state index is 6.15. The average Bonchev–Trinajstić information content (AvgIpc) is 2.99. The van der Waals surface area contributed by atoms with Crippen LogP contribution < -0.4 is 5.73 Å². The topological polar surface area (TPSA) is 26.0 Å². The lowest BCUT2D eigenvalue weighted by Crippen LogP contribution is -2.22. The predicted octanol–water partition coefficient (Wildman–Crippen LogP) is 4.50. The smallest absolute Gasteiger partial charge is 0.00698 e. The Morgan fingerprint density at radius 2 is 1.50 bits per heavy atom. The van der Waals surface area contributed by atoms with E-state index in [1.807, 2.05) is 0 Å². The van der Waals surface area contributed by atoms with Crippen LogP contribution in [-0.2, 0) is 0 Å². The average molecular weight is 225 g/mol. The maximum Gasteiger partial charge on any atom is 0.00698 e. The molecule has 0 aliphatic heterocycles. The fraction of sp³-hybridized carbons (Fsp3) is 1.00. The van der Waals surface area contributed by atoms with E-state index >= 15 is 0 Å². The van der Waals surface area contributed by atoms with Crippen molar-refractivity contribution in [1.29, 1.82) is 0 Å². The van der Waals surface area contributed by atoms with Crippen LogP contribution in [0.15, 0.2) is 0 Å². The molecule has 1 aliphatic rings. The van der Waals surface area contributed by atoms with Gasteiger partial charge in [-0.2, -0.15) is 0 Å². The maximum atomic E-state index is 6.15. The normalized spacial score (nSPS) is 25.7. The Bertz CT molecular complexity index is 167. The molecule has 0 heterocycles. The molecule has 96 valence electrons. The molecule has 0 aromatic rings. The third kappa shape index (κ3) is 5.89. The second-order valence-electron chi connectivity index (χ2n) is 5.80. The second-order valence-corrected chi connectivity index (χ2v) is 5.80. The van der Waals surface area contributed by atoms with E-state index in [4.69, 9.17) is 5.73 Å². The van der Waals surface area contributed by atoms with Crippen LogP contribution in [0.25, 0.3) is 0 Å². The van der Waals surface area contributed by atoms with Crippen molar-refractivity contribution < 1.29 is 0 Å². The van der Waals surface area contributed by atoms with Crippen LogP contribution in [0.4, 0.5) is 0 Å². The highest BCUT2D eigenvalue weighted by atomic mass is 14.7. The molecule has 1 nitrogen and oxygen atoms in total. The molecule has 1 saturated carbocycles. The molecule has 1 rings (SSSR count). The fourth-order valence-corrected chi connectivity index (χ4v) is 2.68. The van der Waals surface area contributed by atoms with Crippen molar-refractivity contribution in [3.8, 4) is 0 Å². The molecule has 0 aromatic carbocycles. The van der Waals surface area contributed by atoms with E-state index in [2.05, 4.69) is 13.8 Å². The molecule has 1 heteroatoms. The summed E-state index contributed by atoms with van der Waals surface area (Å²) < 4.78 is 0. The Kier molecular flexibility index (Phi) is 7.11. The van der Waals surface area contributed by atoms with Gasteiger partial charge in [0.2, 0.25) is 0 Å². The molecule has 1 aliphatic carbocycles.